The summed E-state index contributed by atoms with van der Waals surface area (Å²) in [5.41, 5.74) is 2.69. The normalized spacial score (nSPS) is 10.5. The highest BCUT2D eigenvalue weighted by Crippen LogP contribution is 2.25. The summed E-state index contributed by atoms with van der Waals surface area (Å²) < 4.78 is 0.851. The van der Waals surface area contributed by atoms with Crippen LogP contribution in [0.3, 0.4) is 0 Å². The molecule has 2 rings (SSSR count). The van der Waals surface area contributed by atoms with Crippen molar-refractivity contribution in [2.45, 2.75) is 18.2 Å². The Morgan fingerprint density at radius 3 is 2.37 bits per heavy atom. The summed E-state index contributed by atoms with van der Waals surface area (Å²) in [6.07, 6.45) is 3.01. The van der Waals surface area contributed by atoms with Crippen LogP contribution in [0, 0.1) is 0 Å². The van der Waals surface area contributed by atoms with Crippen molar-refractivity contribution in [2.75, 3.05) is 6.26 Å². The molecule has 0 N–H and O–H groups in total. The van der Waals surface area contributed by atoms with Crippen LogP contribution in [0.2, 0.25) is 0 Å². The van der Waals surface area contributed by atoms with E-state index in [2.05, 4.69) is 22.9 Å². The van der Waals surface area contributed by atoms with Crippen LogP contribution in [-0.4, -0.2) is 12.0 Å². The quantitative estimate of drug-likeness (QED) is 0.580. The van der Waals surface area contributed by atoms with E-state index in [1.807, 2.05) is 48.7 Å². The van der Waals surface area contributed by atoms with Gasteiger partial charge < -0.3 is 0 Å². The maximum absolute atomic E-state index is 12.4. The Kier molecular flexibility index (Phi) is 4.83. The zero-order valence-electron chi connectivity index (χ0n) is 10.9. The van der Waals surface area contributed by atoms with Crippen molar-refractivity contribution in [3.63, 3.8) is 0 Å². The maximum Gasteiger partial charge on any atom is 0.194 e. The van der Waals surface area contributed by atoms with Crippen LogP contribution in [0.4, 0.5) is 0 Å². The fraction of sp³-hybridized carbons (Fsp3) is 0.188. The van der Waals surface area contributed by atoms with E-state index in [1.165, 1.54) is 5.56 Å². The van der Waals surface area contributed by atoms with Gasteiger partial charge in [0.25, 0.3) is 0 Å². The van der Waals surface area contributed by atoms with E-state index < -0.39 is 0 Å². The van der Waals surface area contributed by atoms with E-state index in [9.17, 15) is 4.79 Å². The molecule has 0 atom stereocenters. The number of hydrogen-bond donors (Lipinski definition) is 0. The molecule has 0 unspecified atom stereocenters. The molecule has 1 nitrogen and oxygen atoms in total. The Labute approximate surface area is 126 Å². The molecule has 0 aromatic heterocycles. The van der Waals surface area contributed by atoms with Gasteiger partial charge in [0.15, 0.2) is 5.78 Å². The average molecular weight is 335 g/mol. The number of carbonyl (C=O) groups excluding carboxylic acids is 1. The molecule has 98 valence electrons. The summed E-state index contributed by atoms with van der Waals surface area (Å²) in [6, 6.07) is 13.7. The molecule has 0 fully saturated rings. The highest BCUT2D eigenvalue weighted by molar-refractivity contribution is 9.10. The fourth-order valence-corrected chi connectivity index (χ4v) is 3.00. The van der Waals surface area contributed by atoms with E-state index in [0.717, 1.165) is 21.4 Å². The molecule has 0 aliphatic heterocycles. The number of aryl methyl sites for hydroxylation is 1. The van der Waals surface area contributed by atoms with Crippen molar-refractivity contribution in [3.8, 4) is 0 Å². The number of halogens is 1. The van der Waals surface area contributed by atoms with E-state index in [1.54, 1.807) is 11.8 Å². The van der Waals surface area contributed by atoms with Crippen molar-refractivity contribution >= 4 is 33.5 Å². The van der Waals surface area contributed by atoms with Crippen LogP contribution < -0.4 is 0 Å². The van der Waals surface area contributed by atoms with Crippen LogP contribution >= 0.6 is 27.7 Å². The number of thioether (sulfide) groups is 1. The third-order valence-corrected chi connectivity index (χ3v) is 4.43. The summed E-state index contributed by atoms with van der Waals surface area (Å²) >= 11 is 5.14. The van der Waals surface area contributed by atoms with Crippen molar-refractivity contribution in [2.24, 2.45) is 0 Å². The Balaban J connectivity index is 2.32. The zero-order chi connectivity index (χ0) is 13.8. The van der Waals surface area contributed by atoms with Crippen molar-refractivity contribution in [1.29, 1.82) is 0 Å². The topological polar surface area (TPSA) is 17.1 Å². The fourth-order valence-electron chi connectivity index (χ4n) is 1.85. The lowest BCUT2D eigenvalue weighted by Gasteiger charge is -2.06. The number of hydrogen-bond acceptors (Lipinski definition) is 2. The second-order valence-electron chi connectivity index (χ2n) is 4.23. The van der Waals surface area contributed by atoms with Gasteiger partial charge in [0, 0.05) is 20.5 Å². The van der Waals surface area contributed by atoms with E-state index in [4.69, 9.17) is 0 Å². The lowest BCUT2D eigenvalue weighted by atomic mass is 10.0. The molecule has 0 aliphatic rings. The van der Waals surface area contributed by atoms with Crippen molar-refractivity contribution in [1.82, 2.24) is 0 Å². The molecule has 3 heteroatoms. The summed E-state index contributed by atoms with van der Waals surface area (Å²) in [6.45, 7) is 2.11. The molecule has 19 heavy (non-hydrogen) atoms. The Morgan fingerprint density at radius 2 is 1.84 bits per heavy atom. The molecule has 0 saturated heterocycles. The van der Waals surface area contributed by atoms with E-state index in [0.29, 0.717) is 5.56 Å². The van der Waals surface area contributed by atoms with Gasteiger partial charge in [0.1, 0.15) is 0 Å². The maximum atomic E-state index is 12.4. The van der Waals surface area contributed by atoms with E-state index >= 15 is 0 Å². The van der Waals surface area contributed by atoms with Crippen LogP contribution in [0.15, 0.2) is 51.8 Å². The lowest BCUT2D eigenvalue weighted by Crippen LogP contribution is -2.02. The molecule has 0 bridgehead atoms. The lowest BCUT2D eigenvalue weighted by molar-refractivity contribution is 0.103. The Hall–Kier alpha value is -1.06. The van der Waals surface area contributed by atoms with Crippen LogP contribution in [0.25, 0.3) is 0 Å². The van der Waals surface area contributed by atoms with Gasteiger partial charge in [-0.05, 0) is 52.4 Å². The summed E-state index contributed by atoms with van der Waals surface area (Å²) in [5.74, 6) is 0.0576. The molecule has 0 radical (unpaired) electrons. The standard InChI is InChI=1S/C16H15BrOS/c1-3-11-4-6-12(7-5-11)16(18)14-9-8-13(19-2)10-15(14)17/h4-10H,3H2,1-2H3. The summed E-state index contributed by atoms with van der Waals surface area (Å²) in [7, 11) is 0. The Morgan fingerprint density at radius 1 is 1.16 bits per heavy atom. The molecular weight excluding hydrogens is 320 g/mol. The van der Waals surface area contributed by atoms with Gasteiger partial charge in [-0.1, -0.05) is 31.2 Å². The second-order valence-corrected chi connectivity index (χ2v) is 5.96. The predicted octanol–water partition coefficient (Wildman–Crippen LogP) is 4.96. The first-order chi connectivity index (χ1) is 9.15. The van der Waals surface area contributed by atoms with Gasteiger partial charge in [0.2, 0.25) is 0 Å². The first-order valence-corrected chi connectivity index (χ1v) is 8.14. The van der Waals surface area contributed by atoms with Gasteiger partial charge in [-0.2, -0.15) is 0 Å². The van der Waals surface area contributed by atoms with Gasteiger partial charge in [-0.15, -0.1) is 11.8 Å². The Bertz CT molecular complexity index is 590. The number of benzene rings is 2. The molecule has 0 spiro atoms. The molecular formula is C16H15BrOS. The molecule has 0 heterocycles. The van der Waals surface area contributed by atoms with Crippen LogP contribution in [-0.2, 0) is 6.42 Å². The molecule has 0 amide bonds. The van der Waals surface area contributed by atoms with Gasteiger partial charge >= 0.3 is 0 Å². The zero-order valence-corrected chi connectivity index (χ0v) is 13.3. The number of rotatable bonds is 4. The summed E-state index contributed by atoms with van der Waals surface area (Å²) in [4.78, 5) is 13.6. The predicted molar refractivity (Wildman–Crippen MR) is 85.2 cm³/mol. The molecule has 2 aromatic carbocycles. The minimum atomic E-state index is 0.0576. The van der Waals surface area contributed by atoms with Gasteiger partial charge in [0.05, 0.1) is 0 Å². The minimum Gasteiger partial charge on any atom is -0.289 e. The minimum absolute atomic E-state index is 0.0576. The third kappa shape index (κ3) is 3.28. The number of ketones is 1. The average Bonchev–Trinajstić information content (AvgIpc) is 2.46. The summed E-state index contributed by atoms with van der Waals surface area (Å²) in [5, 5.41) is 0. The third-order valence-electron chi connectivity index (χ3n) is 3.05. The van der Waals surface area contributed by atoms with Gasteiger partial charge in [-0.3, -0.25) is 4.79 Å². The SMILES string of the molecule is CCc1ccc(C(=O)c2ccc(SC)cc2Br)cc1. The smallest absolute Gasteiger partial charge is 0.194 e. The molecule has 0 saturated carbocycles. The number of carbonyl (C=O) groups is 1. The largest absolute Gasteiger partial charge is 0.289 e. The van der Waals surface area contributed by atoms with E-state index in [-0.39, 0.29) is 5.78 Å². The van der Waals surface area contributed by atoms with Crippen molar-refractivity contribution in [3.05, 3.63) is 63.6 Å². The van der Waals surface area contributed by atoms with Crippen LogP contribution in [0.5, 0.6) is 0 Å². The van der Waals surface area contributed by atoms with Gasteiger partial charge in [-0.25, -0.2) is 0 Å². The molecule has 2 aromatic rings. The monoisotopic (exact) mass is 334 g/mol. The first-order valence-electron chi connectivity index (χ1n) is 6.13. The second kappa shape index (κ2) is 6.40. The van der Waals surface area contributed by atoms with Crippen molar-refractivity contribution < 1.29 is 4.79 Å². The molecule has 0 aliphatic carbocycles. The van der Waals surface area contributed by atoms with Crippen LogP contribution in [0.1, 0.15) is 28.4 Å². The first kappa shape index (κ1) is 14.4. The highest BCUT2D eigenvalue weighted by Gasteiger charge is 2.12. The highest BCUT2D eigenvalue weighted by atomic mass is 79.9.